The smallest absolute Gasteiger partial charge is 0.296 e. The molecule has 1 N–H and O–H groups in total. The normalized spacial score (nSPS) is 13.7. The van der Waals surface area contributed by atoms with Crippen LogP contribution in [0.5, 0.6) is 0 Å². The van der Waals surface area contributed by atoms with Crippen LogP contribution >= 0.6 is 0 Å². The van der Waals surface area contributed by atoms with Crippen LogP contribution in [-0.2, 0) is 16.0 Å². The maximum Gasteiger partial charge on any atom is 0.296 e. The molecular formula is C25H30N6O3. The fraction of sp³-hybridized carbons (Fsp3) is 0.360. The number of hydrogen-bond donors (Lipinski definition) is 1. The number of nitrogens with one attached hydrogen (secondary N) is 1. The van der Waals surface area contributed by atoms with Crippen LogP contribution in [0.25, 0.3) is 5.69 Å². The number of amides is 1. The molecule has 4 rings (SSSR count). The minimum absolute atomic E-state index is 0.0836. The average molecular weight is 463 g/mol. The third-order valence-electron chi connectivity index (χ3n) is 5.76. The van der Waals surface area contributed by atoms with Gasteiger partial charge in [-0.3, -0.25) is 14.6 Å². The molecular weight excluding hydrogens is 432 g/mol. The Balaban J connectivity index is 1.49. The van der Waals surface area contributed by atoms with Gasteiger partial charge in [0.15, 0.2) is 0 Å². The lowest BCUT2D eigenvalue weighted by Gasteiger charge is -2.36. The Morgan fingerprint density at radius 3 is 2.56 bits per heavy atom. The van der Waals surface area contributed by atoms with E-state index in [1.165, 1.54) is 4.68 Å². The Hall–Kier alpha value is -3.72. The third kappa shape index (κ3) is 5.60. The van der Waals surface area contributed by atoms with Gasteiger partial charge in [-0.2, -0.15) is 9.78 Å². The average Bonchev–Trinajstić information content (AvgIpc) is 2.88. The molecule has 2 aromatic heterocycles. The number of pyridine rings is 1. The maximum absolute atomic E-state index is 13.4. The lowest BCUT2D eigenvalue weighted by Crippen LogP contribution is -2.49. The molecule has 0 radical (unpaired) electrons. The monoisotopic (exact) mass is 462 g/mol. The van der Waals surface area contributed by atoms with E-state index in [2.05, 4.69) is 20.3 Å². The first-order chi connectivity index (χ1) is 16.7. The van der Waals surface area contributed by atoms with Gasteiger partial charge >= 0.3 is 0 Å². The van der Waals surface area contributed by atoms with E-state index in [9.17, 15) is 9.59 Å². The first-order valence-electron chi connectivity index (χ1n) is 11.6. The summed E-state index contributed by atoms with van der Waals surface area (Å²) in [6.45, 7) is 5.98. The summed E-state index contributed by atoms with van der Waals surface area (Å²) in [5, 5.41) is 7.71. The number of piperazine rings is 1. The zero-order valence-corrected chi connectivity index (χ0v) is 19.4. The largest absolute Gasteiger partial charge is 0.380 e. The molecule has 1 aliphatic rings. The van der Waals surface area contributed by atoms with Crippen LogP contribution in [0.2, 0.25) is 0 Å². The Morgan fingerprint density at radius 2 is 1.85 bits per heavy atom. The van der Waals surface area contributed by atoms with Crippen molar-refractivity contribution in [3.05, 3.63) is 77.0 Å². The van der Waals surface area contributed by atoms with Crippen molar-refractivity contribution in [1.29, 1.82) is 0 Å². The SMILES string of the molecule is CCOCCNc1c(N2CCN(C(=O)Cc3cccnc3)CC2)cnn(-c2ccccc2)c1=O. The van der Waals surface area contributed by atoms with Gasteiger partial charge in [0.25, 0.3) is 5.56 Å². The molecule has 0 spiro atoms. The van der Waals surface area contributed by atoms with E-state index >= 15 is 0 Å². The van der Waals surface area contributed by atoms with E-state index in [-0.39, 0.29) is 11.5 Å². The molecule has 1 saturated heterocycles. The lowest BCUT2D eigenvalue weighted by molar-refractivity contribution is -0.130. The molecule has 0 saturated carbocycles. The predicted octanol–water partition coefficient (Wildman–Crippen LogP) is 1.97. The highest BCUT2D eigenvalue weighted by atomic mass is 16.5. The highest BCUT2D eigenvalue weighted by Crippen LogP contribution is 2.23. The van der Waals surface area contributed by atoms with Gasteiger partial charge in [0, 0.05) is 51.7 Å². The topological polar surface area (TPSA) is 92.6 Å². The molecule has 0 bridgehead atoms. The zero-order chi connectivity index (χ0) is 23.8. The Bertz CT molecular complexity index is 1130. The van der Waals surface area contributed by atoms with E-state index < -0.39 is 0 Å². The quantitative estimate of drug-likeness (QED) is 0.486. The van der Waals surface area contributed by atoms with Crippen molar-refractivity contribution in [2.75, 3.05) is 56.2 Å². The fourth-order valence-corrected chi connectivity index (χ4v) is 3.98. The number of benzene rings is 1. The van der Waals surface area contributed by atoms with Gasteiger partial charge < -0.3 is 19.9 Å². The molecule has 1 aliphatic heterocycles. The summed E-state index contributed by atoms with van der Waals surface area (Å²) in [6.07, 6.45) is 5.49. The summed E-state index contributed by atoms with van der Waals surface area (Å²) in [5.74, 6) is 0.0836. The zero-order valence-electron chi connectivity index (χ0n) is 19.4. The first kappa shape index (κ1) is 23.4. The highest BCUT2D eigenvalue weighted by molar-refractivity contribution is 5.79. The molecule has 9 heteroatoms. The molecule has 1 fully saturated rings. The molecule has 0 aliphatic carbocycles. The van der Waals surface area contributed by atoms with Crippen molar-refractivity contribution in [2.45, 2.75) is 13.3 Å². The molecule has 9 nitrogen and oxygen atoms in total. The van der Waals surface area contributed by atoms with Crippen molar-refractivity contribution in [3.8, 4) is 5.69 Å². The Morgan fingerprint density at radius 1 is 1.06 bits per heavy atom. The number of para-hydroxylation sites is 1. The minimum Gasteiger partial charge on any atom is -0.380 e. The molecule has 0 atom stereocenters. The number of aromatic nitrogens is 3. The second kappa shape index (κ2) is 11.4. The summed E-state index contributed by atoms with van der Waals surface area (Å²) in [5.41, 5.74) is 2.64. The second-order valence-electron chi connectivity index (χ2n) is 7.99. The highest BCUT2D eigenvalue weighted by Gasteiger charge is 2.25. The molecule has 34 heavy (non-hydrogen) atoms. The van der Waals surface area contributed by atoms with Gasteiger partial charge in [0.1, 0.15) is 5.69 Å². The van der Waals surface area contributed by atoms with E-state index in [0.29, 0.717) is 63.7 Å². The van der Waals surface area contributed by atoms with Crippen LogP contribution in [0.4, 0.5) is 11.4 Å². The van der Waals surface area contributed by atoms with Crippen molar-refractivity contribution in [3.63, 3.8) is 0 Å². The number of nitrogens with zero attached hydrogens (tertiary/aromatic N) is 5. The number of carbonyl (C=O) groups excluding carboxylic acids is 1. The van der Waals surface area contributed by atoms with E-state index in [4.69, 9.17) is 4.74 Å². The van der Waals surface area contributed by atoms with E-state index in [1.807, 2.05) is 54.3 Å². The summed E-state index contributed by atoms with van der Waals surface area (Å²) in [7, 11) is 0. The third-order valence-corrected chi connectivity index (χ3v) is 5.76. The number of anilines is 2. The molecule has 0 unspecified atom stereocenters. The molecule has 1 amide bonds. The van der Waals surface area contributed by atoms with Gasteiger partial charge in [0.2, 0.25) is 5.91 Å². The lowest BCUT2D eigenvalue weighted by atomic mass is 10.1. The van der Waals surface area contributed by atoms with E-state index in [0.717, 1.165) is 11.3 Å². The molecule has 178 valence electrons. The van der Waals surface area contributed by atoms with Crippen molar-refractivity contribution in [1.82, 2.24) is 19.7 Å². The van der Waals surface area contributed by atoms with E-state index in [1.54, 1.807) is 18.6 Å². The van der Waals surface area contributed by atoms with Crippen LogP contribution in [-0.4, -0.2) is 71.5 Å². The summed E-state index contributed by atoms with van der Waals surface area (Å²) in [4.78, 5) is 34.2. The fourth-order valence-electron chi connectivity index (χ4n) is 3.98. The van der Waals surface area contributed by atoms with Crippen molar-refractivity contribution in [2.24, 2.45) is 0 Å². The van der Waals surface area contributed by atoms with Crippen LogP contribution in [0, 0.1) is 0 Å². The van der Waals surface area contributed by atoms with Gasteiger partial charge in [-0.25, -0.2) is 0 Å². The predicted molar refractivity (Wildman–Crippen MR) is 132 cm³/mol. The summed E-state index contributed by atoms with van der Waals surface area (Å²) >= 11 is 0. The molecule has 3 heterocycles. The Labute approximate surface area is 199 Å². The number of hydrogen-bond acceptors (Lipinski definition) is 7. The van der Waals surface area contributed by atoms with Crippen LogP contribution in [0.1, 0.15) is 12.5 Å². The molecule has 3 aromatic rings. The summed E-state index contributed by atoms with van der Waals surface area (Å²) in [6, 6.07) is 13.1. The maximum atomic E-state index is 13.4. The van der Waals surface area contributed by atoms with Gasteiger partial charge in [-0.15, -0.1) is 0 Å². The molecule has 1 aromatic carbocycles. The van der Waals surface area contributed by atoms with Gasteiger partial charge in [-0.05, 0) is 30.7 Å². The minimum atomic E-state index is -0.213. The van der Waals surface area contributed by atoms with Crippen molar-refractivity contribution < 1.29 is 9.53 Å². The van der Waals surface area contributed by atoms with Gasteiger partial charge in [-0.1, -0.05) is 24.3 Å². The van der Waals surface area contributed by atoms with Crippen molar-refractivity contribution >= 4 is 17.3 Å². The van der Waals surface area contributed by atoms with Gasteiger partial charge in [0.05, 0.1) is 30.6 Å². The Kier molecular flexibility index (Phi) is 7.87. The number of ether oxygens (including phenoxy) is 1. The standard InChI is InChI=1S/C25H30N6O3/c1-2-34-16-11-27-24-22(19-28-31(25(24)33)21-8-4-3-5-9-21)29-12-14-30(15-13-29)23(32)17-20-7-6-10-26-18-20/h3-10,18-19,27H,2,11-17H2,1H3. The number of rotatable bonds is 9. The second-order valence-corrected chi connectivity index (χ2v) is 7.99. The summed E-state index contributed by atoms with van der Waals surface area (Å²) < 4.78 is 6.84. The van der Waals surface area contributed by atoms with Crippen LogP contribution < -0.4 is 15.8 Å². The van der Waals surface area contributed by atoms with Crippen LogP contribution in [0.3, 0.4) is 0 Å². The number of carbonyl (C=O) groups is 1. The first-order valence-corrected chi connectivity index (χ1v) is 11.6. The van der Waals surface area contributed by atoms with Crippen LogP contribution in [0.15, 0.2) is 65.8 Å².